The summed E-state index contributed by atoms with van der Waals surface area (Å²) in [6.07, 6.45) is 0. The fourth-order valence-electron chi connectivity index (χ4n) is 3.42. The SMILES string of the molecule is O=C(Nc1ccc(S(=O)(=O)N2CCOCC2)cc1)c1ccc(NS(=O)(=O)c2ccccc2)cc1Cl. The van der Waals surface area contributed by atoms with Crippen LogP contribution in [0.1, 0.15) is 10.4 Å². The van der Waals surface area contributed by atoms with E-state index in [1.165, 1.54) is 58.9 Å². The molecule has 3 aromatic rings. The number of hydrogen-bond acceptors (Lipinski definition) is 6. The van der Waals surface area contributed by atoms with Crippen molar-refractivity contribution in [3.8, 4) is 0 Å². The van der Waals surface area contributed by atoms with E-state index in [0.29, 0.717) is 18.9 Å². The monoisotopic (exact) mass is 535 g/mol. The predicted molar refractivity (Wildman–Crippen MR) is 133 cm³/mol. The molecule has 1 aliphatic heterocycles. The van der Waals surface area contributed by atoms with Gasteiger partial charge in [0.15, 0.2) is 0 Å². The summed E-state index contributed by atoms with van der Waals surface area (Å²) in [5, 5.41) is 2.70. The summed E-state index contributed by atoms with van der Waals surface area (Å²) in [5.74, 6) is -0.531. The average molecular weight is 536 g/mol. The number of anilines is 2. The van der Waals surface area contributed by atoms with Crippen LogP contribution in [0.15, 0.2) is 82.6 Å². The van der Waals surface area contributed by atoms with E-state index in [9.17, 15) is 21.6 Å². The second kappa shape index (κ2) is 10.3. The molecule has 35 heavy (non-hydrogen) atoms. The maximum absolute atomic E-state index is 12.7. The van der Waals surface area contributed by atoms with Gasteiger partial charge in [-0.05, 0) is 54.6 Å². The van der Waals surface area contributed by atoms with Gasteiger partial charge in [0, 0.05) is 18.8 Å². The molecule has 2 N–H and O–H groups in total. The molecular formula is C23H22ClN3O6S2. The molecule has 4 rings (SSSR count). The van der Waals surface area contributed by atoms with E-state index in [1.807, 2.05) is 0 Å². The van der Waals surface area contributed by atoms with E-state index in [2.05, 4.69) is 10.0 Å². The Labute approximate surface area is 208 Å². The van der Waals surface area contributed by atoms with Crippen LogP contribution in [0.2, 0.25) is 5.02 Å². The van der Waals surface area contributed by atoms with Gasteiger partial charge < -0.3 is 10.1 Å². The normalized spacial score (nSPS) is 14.9. The highest BCUT2D eigenvalue weighted by Gasteiger charge is 2.26. The second-order valence-corrected chi connectivity index (χ2v) is 11.6. The summed E-state index contributed by atoms with van der Waals surface area (Å²) in [5.41, 5.74) is 0.702. The van der Waals surface area contributed by atoms with Crippen molar-refractivity contribution in [3.05, 3.63) is 83.4 Å². The van der Waals surface area contributed by atoms with Gasteiger partial charge >= 0.3 is 0 Å². The number of halogens is 1. The van der Waals surface area contributed by atoms with Gasteiger partial charge in [-0.25, -0.2) is 16.8 Å². The molecule has 1 fully saturated rings. The Kier molecular flexibility index (Phi) is 7.43. The number of carbonyl (C=O) groups excluding carboxylic acids is 1. The van der Waals surface area contributed by atoms with Crippen LogP contribution < -0.4 is 10.0 Å². The molecule has 1 heterocycles. The Hall–Kier alpha value is -2.96. The third kappa shape index (κ3) is 5.82. The summed E-state index contributed by atoms with van der Waals surface area (Å²) in [6.45, 7) is 1.27. The summed E-state index contributed by atoms with van der Waals surface area (Å²) in [4.78, 5) is 12.9. The molecule has 1 saturated heterocycles. The van der Waals surface area contributed by atoms with Gasteiger partial charge in [0.2, 0.25) is 10.0 Å². The van der Waals surface area contributed by atoms with Crippen molar-refractivity contribution in [2.24, 2.45) is 0 Å². The lowest BCUT2D eigenvalue weighted by molar-refractivity contribution is 0.0730. The van der Waals surface area contributed by atoms with Gasteiger partial charge in [-0.2, -0.15) is 4.31 Å². The topological polar surface area (TPSA) is 122 Å². The van der Waals surface area contributed by atoms with E-state index in [-0.39, 0.29) is 39.2 Å². The number of benzene rings is 3. The van der Waals surface area contributed by atoms with Gasteiger partial charge in [0.25, 0.3) is 15.9 Å². The van der Waals surface area contributed by atoms with Crippen molar-refractivity contribution in [2.75, 3.05) is 36.3 Å². The highest BCUT2D eigenvalue weighted by molar-refractivity contribution is 7.92. The molecule has 0 radical (unpaired) electrons. The highest BCUT2D eigenvalue weighted by atomic mass is 35.5. The average Bonchev–Trinajstić information content (AvgIpc) is 2.85. The number of sulfonamides is 2. The summed E-state index contributed by atoms with van der Waals surface area (Å²) < 4.78 is 59.4. The lowest BCUT2D eigenvalue weighted by atomic mass is 10.2. The minimum Gasteiger partial charge on any atom is -0.379 e. The molecule has 0 unspecified atom stereocenters. The first kappa shape index (κ1) is 25.1. The van der Waals surface area contributed by atoms with Crippen LogP contribution >= 0.6 is 11.6 Å². The van der Waals surface area contributed by atoms with E-state index >= 15 is 0 Å². The molecular weight excluding hydrogens is 514 g/mol. The van der Waals surface area contributed by atoms with Crippen molar-refractivity contribution in [2.45, 2.75) is 9.79 Å². The van der Waals surface area contributed by atoms with Crippen LogP contribution in [-0.2, 0) is 24.8 Å². The van der Waals surface area contributed by atoms with Crippen LogP contribution in [0.25, 0.3) is 0 Å². The third-order valence-electron chi connectivity index (χ3n) is 5.24. The number of rotatable bonds is 7. The van der Waals surface area contributed by atoms with Crippen LogP contribution in [0.5, 0.6) is 0 Å². The zero-order valence-corrected chi connectivity index (χ0v) is 20.7. The Morgan fingerprint density at radius 3 is 2.09 bits per heavy atom. The number of morpholine rings is 1. The number of nitrogens with zero attached hydrogens (tertiary/aromatic N) is 1. The minimum absolute atomic E-state index is 0.0438. The molecule has 0 aromatic heterocycles. The number of hydrogen-bond donors (Lipinski definition) is 2. The number of nitrogens with one attached hydrogen (secondary N) is 2. The van der Waals surface area contributed by atoms with Crippen LogP contribution in [0.4, 0.5) is 11.4 Å². The van der Waals surface area contributed by atoms with E-state index < -0.39 is 26.0 Å². The lowest BCUT2D eigenvalue weighted by Crippen LogP contribution is -2.40. The van der Waals surface area contributed by atoms with Gasteiger partial charge in [-0.1, -0.05) is 29.8 Å². The van der Waals surface area contributed by atoms with Crippen LogP contribution in [0.3, 0.4) is 0 Å². The Morgan fingerprint density at radius 1 is 0.829 bits per heavy atom. The standard InChI is InChI=1S/C23H22ClN3O6S2/c24-22-16-18(26-34(29,30)19-4-2-1-3-5-19)8-11-21(22)23(28)25-17-6-9-20(10-7-17)35(31,32)27-12-14-33-15-13-27/h1-11,16,26H,12-15H2,(H,25,28). The zero-order chi connectivity index (χ0) is 25.1. The molecule has 0 spiro atoms. The molecule has 0 bridgehead atoms. The molecule has 0 saturated carbocycles. The maximum Gasteiger partial charge on any atom is 0.261 e. The van der Waals surface area contributed by atoms with Gasteiger partial charge in [-0.3, -0.25) is 9.52 Å². The van der Waals surface area contributed by atoms with Crippen LogP contribution in [0, 0.1) is 0 Å². The van der Waals surface area contributed by atoms with E-state index in [4.69, 9.17) is 16.3 Å². The number of carbonyl (C=O) groups is 1. The van der Waals surface area contributed by atoms with Gasteiger partial charge in [-0.15, -0.1) is 0 Å². The van der Waals surface area contributed by atoms with Gasteiger partial charge in [0.05, 0.1) is 39.3 Å². The fraction of sp³-hybridized carbons (Fsp3) is 0.174. The molecule has 184 valence electrons. The highest BCUT2D eigenvalue weighted by Crippen LogP contribution is 2.25. The van der Waals surface area contributed by atoms with Crippen molar-refractivity contribution in [1.29, 1.82) is 0 Å². The minimum atomic E-state index is -3.80. The quantitative estimate of drug-likeness (QED) is 0.478. The molecule has 1 amide bonds. The molecule has 3 aromatic carbocycles. The first-order valence-electron chi connectivity index (χ1n) is 10.5. The van der Waals surface area contributed by atoms with Gasteiger partial charge in [0.1, 0.15) is 0 Å². The lowest BCUT2D eigenvalue weighted by Gasteiger charge is -2.26. The molecule has 0 atom stereocenters. The Bertz CT molecular complexity index is 1420. The largest absolute Gasteiger partial charge is 0.379 e. The third-order valence-corrected chi connectivity index (χ3v) is 8.86. The number of ether oxygens (including phenoxy) is 1. The summed E-state index contributed by atoms with van der Waals surface area (Å²) >= 11 is 6.25. The molecule has 12 heteroatoms. The van der Waals surface area contributed by atoms with Crippen molar-refractivity contribution in [3.63, 3.8) is 0 Å². The first-order chi connectivity index (χ1) is 16.7. The smallest absolute Gasteiger partial charge is 0.261 e. The van der Waals surface area contributed by atoms with E-state index in [1.54, 1.807) is 18.2 Å². The summed E-state index contributed by atoms with van der Waals surface area (Å²) in [6, 6.07) is 17.8. The zero-order valence-electron chi connectivity index (χ0n) is 18.3. The second-order valence-electron chi connectivity index (χ2n) is 7.61. The molecule has 1 aliphatic rings. The van der Waals surface area contributed by atoms with Crippen molar-refractivity contribution in [1.82, 2.24) is 4.31 Å². The number of amides is 1. The molecule has 0 aliphatic carbocycles. The predicted octanol–water partition coefficient (Wildman–Crippen LogP) is 3.41. The fourth-order valence-corrected chi connectivity index (χ4v) is 6.17. The van der Waals surface area contributed by atoms with Crippen molar-refractivity contribution < 1.29 is 26.4 Å². The van der Waals surface area contributed by atoms with Crippen LogP contribution in [-0.4, -0.2) is 53.4 Å². The summed E-state index contributed by atoms with van der Waals surface area (Å²) in [7, 11) is -7.45. The Morgan fingerprint density at radius 2 is 1.46 bits per heavy atom. The Balaban J connectivity index is 1.44. The first-order valence-corrected chi connectivity index (χ1v) is 13.8. The molecule has 9 nitrogen and oxygen atoms in total. The van der Waals surface area contributed by atoms with Crippen molar-refractivity contribution >= 4 is 48.9 Å². The maximum atomic E-state index is 12.7. The van der Waals surface area contributed by atoms with E-state index in [0.717, 1.165) is 0 Å².